The molecule has 1 atom stereocenters. The number of phenols is 2. The van der Waals surface area contributed by atoms with E-state index in [1.807, 2.05) is 0 Å². The van der Waals surface area contributed by atoms with Crippen LogP contribution in [-0.2, 0) is 6.42 Å². The van der Waals surface area contributed by atoms with Gasteiger partial charge >= 0.3 is 0 Å². The molecule has 5 nitrogen and oxygen atoms in total. The number of nitrogens with one attached hydrogen (secondary N) is 1. The number of fused-ring (bicyclic) bond motifs is 1. The van der Waals surface area contributed by atoms with Crippen LogP contribution in [0, 0.1) is 0 Å². The molecule has 8 heteroatoms. The van der Waals surface area contributed by atoms with Gasteiger partial charge in [0, 0.05) is 11.8 Å². The molecule has 0 radical (unpaired) electrons. The molecule has 3 N–H and O–H groups in total. The van der Waals surface area contributed by atoms with Gasteiger partial charge in [0.25, 0.3) is 0 Å². The first kappa shape index (κ1) is 15.4. The van der Waals surface area contributed by atoms with E-state index in [0.29, 0.717) is 0 Å². The monoisotopic (exact) mass is 331 g/mol. The summed E-state index contributed by atoms with van der Waals surface area (Å²) in [7, 11) is 0. The van der Waals surface area contributed by atoms with Gasteiger partial charge in [0.2, 0.25) is 0 Å². The van der Waals surface area contributed by atoms with Crippen molar-refractivity contribution in [1.82, 2.24) is 15.5 Å². The number of aromatic nitrogens is 2. The number of hydrogen-bond acceptors (Lipinski definition) is 7. The predicted octanol–water partition coefficient (Wildman–Crippen LogP) is 2.35. The van der Waals surface area contributed by atoms with E-state index in [4.69, 9.17) is 0 Å². The highest BCUT2D eigenvalue weighted by Gasteiger charge is 2.22. The Bertz CT molecular complexity index is 580. The van der Waals surface area contributed by atoms with Gasteiger partial charge in [-0.2, -0.15) is 0 Å². The molecule has 3 rings (SSSR count). The standard InChI is InChI=1S/C12H13N3O2S2.ClH/c16-10-3-7-1-2-13-9(8(7)4-11(10)17)5-18-12-15-14-6-19-12;/h3-4,6,9,13,16-17H,1-2,5H2;1H. The molecule has 2 aromatic rings. The van der Waals surface area contributed by atoms with Crippen molar-refractivity contribution in [3.05, 3.63) is 28.8 Å². The summed E-state index contributed by atoms with van der Waals surface area (Å²) in [5, 5.41) is 30.4. The molecular weight excluding hydrogens is 318 g/mol. The predicted molar refractivity (Wildman–Crippen MR) is 82.1 cm³/mol. The van der Waals surface area contributed by atoms with E-state index in [0.717, 1.165) is 34.2 Å². The summed E-state index contributed by atoms with van der Waals surface area (Å²) < 4.78 is 0.942. The maximum Gasteiger partial charge on any atom is 0.174 e. The third-order valence-corrected chi connectivity index (χ3v) is 5.06. The Morgan fingerprint density at radius 1 is 1.35 bits per heavy atom. The zero-order valence-electron chi connectivity index (χ0n) is 10.4. The molecule has 1 aromatic carbocycles. The molecule has 20 heavy (non-hydrogen) atoms. The normalized spacial score (nSPS) is 17.3. The van der Waals surface area contributed by atoms with Gasteiger partial charge in [0.05, 0.1) is 0 Å². The summed E-state index contributed by atoms with van der Waals surface area (Å²) >= 11 is 3.17. The number of benzene rings is 1. The summed E-state index contributed by atoms with van der Waals surface area (Å²) in [6, 6.07) is 3.47. The second kappa shape index (κ2) is 6.62. The Morgan fingerprint density at radius 2 is 2.15 bits per heavy atom. The van der Waals surface area contributed by atoms with Crippen LogP contribution in [0.15, 0.2) is 22.0 Å². The van der Waals surface area contributed by atoms with E-state index < -0.39 is 0 Å². The zero-order chi connectivity index (χ0) is 13.2. The summed E-state index contributed by atoms with van der Waals surface area (Å²) in [6.07, 6.45) is 0.864. The van der Waals surface area contributed by atoms with Crippen LogP contribution in [0.3, 0.4) is 0 Å². The van der Waals surface area contributed by atoms with Crippen molar-refractivity contribution in [1.29, 1.82) is 0 Å². The molecule has 1 aliphatic heterocycles. The Hall–Kier alpha value is -1.02. The lowest BCUT2D eigenvalue weighted by Gasteiger charge is -2.26. The lowest BCUT2D eigenvalue weighted by Crippen LogP contribution is -2.31. The van der Waals surface area contributed by atoms with Crippen molar-refractivity contribution in [3.63, 3.8) is 0 Å². The molecule has 0 bridgehead atoms. The molecule has 0 saturated heterocycles. The van der Waals surface area contributed by atoms with Gasteiger partial charge in [-0.1, -0.05) is 23.1 Å². The minimum Gasteiger partial charge on any atom is -0.504 e. The maximum absolute atomic E-state index is 9.64. The Labute approximate surface area is 130 Å². The molecule has 0 fully saturated rings. The molecular formula is C12H14ClN3O2S2. The van der Waals surface area contributed by atoms with Crippen molar-refractivity contribution in [2.45, 2.75) is 16.8 Å². The molecule has 2 heterocycles. The Kier molecular flexibility index (Phi) is 5.09. The number of phenolic OH excluding ortho intramolecular Hbond substituents is 2. The van der Waals surface area contributed by atoms with E-state index in [9.17, 15) is 10.2 Å². The second-order valence-corrected chi connectivity index (χ2v) is 6.41. The summed E-state index contributed by atoms with van der Waals surface area (Å²) in [6.45, 7) is 0.874. The first-order valence-electron chi connectivity index (χ1n) is 5.91. The van der Waals surface area contributed by atoms with Gasteiger partial charge in [-0.25, -0.2) is 0 Å². The largest absolute Gasteiger partial charge is 0.504 e. The highest BCUT2D eigenvalue weighted by Crippen LogP contribution is 2.35. The van der Waals surface area contributed by atoms with Crippen molar-refractivity contribution >= 4 is 35.5 Å². The summed E-state index contributed by atoms with van der Waals surface area (Å²) in [4.78, 5) is 0. The van der Waals surface area contributed by atoms with Crippen LogP contribution in [-0.4, -0.2) is 32.7 Å². The molecule has 0 aliphatic carbocycles. The van der Waals surface area contributed by atoms with Gasteiger partial charge in [-0.15, -0.1) is 22.6 Å². The molecule has 1 aliphatic rings. The fourth-order valence-corrected chi connectivity index (χ4v) is 3.79. The van der Waals surface area contributed by atoms with E-state index in [1.54, 1.807) is 29.4 Å². The van der Waals surface area contributed by atoms with Gasteiger partial charge in [0.15, 0.2) is 15.8 Å². The SMILES string of the molecule is Cl.Oc1cc2c(cc1O)C(CSc1nncs1)NCC2. The van der Waals surface area contributed by atoms with E-state index in [2.05, 4.69) is 15.5 Å². The van der Waals surface area contributed by atoms with Crippen LogP contribution >= 0.6 is 35.5 Å². The first-order chi connectivity index (χ1) is 9.24. The number of halogens is 1. The zero-order valence-corrected chi connectivity index (χ0v) is 12.9. The lowest BCUT2D eigenvalue weighted by molar-refractivity contribution is 0.400. The van der Waals surface area contributed by atoms with Gasteiger partial charge in [0.1, 0.15) is 5.51 Å². The van der Waals surface area contributed by atoms with Crippen molar-refractivity contribution in [2.24, 2.45) is 0 Å². The average Bonchev–Trinajstić information content (AvgIpc) is 2.91. The van der Waals surface area contributed by atoms with Crippen LogP contribution in [0.5, 0.6) is 11.5 Å². The number of hydrogen-bond donors (Lipinski definition) is 3. The first-order valence-corrected chi connectivity index (χ1v) is 7.77. The van der Waals surface area contributed by atoms with Gasteiger partial charge in [-0.3, -0.25) is 0 Å². The number of thioether (sulfide) groups is 1. The smallest absolute Gasteiger partial charge is 0.174 e. The fraction of sp³-hybridized carbons (Fsp3) is 0.333. The van der Waals surface area contributed by atoms with Crippen LogP contribution in [0.25, 0.3) is 0 Å². The van der Waals surface area contributed by atoms with Crippen molar-refractivity contribution in [2.75, 3.05) is 12.3 Å². The van der Waals surface area contributed by atoms with E-state index in [-0.39, 0.29) is 29.9 Å². The summed E-state index contributed by atoms with van der Waals surface area (Å²) in [5.41, 5.74) is 3.87. The van der Waals surface area contributed by atoms with Crippen LogP contribution < -0.4 is 5.32 Å². The molecule has 108 valence electrons. The van der Waals surface area contributed by atoms with E-state index in [1.165, 1.54) is 11.3 Å². The molecule has 0 spiro atoms. The van der Waals surface area contributed by atoms with Gasteiger partial charge < -0.3 is 15.5 Å². The molecule has 1 aromatic heterocycles. The highest BCUT2D eigenvalue weighted by atomic mass is 35.5. The fourth-order valence-electron chi connectivity index (χ4n) is 2.20. The third kappa shape index (κ3) is 3.17. The van der Waals surface area contributed by atoms with Crippen LogP contribution in [0.1, 0.15) is 17.2 Å². The van der Waals surface area contributed by atoms with Crippen molar-refractivity contribution in [3.8, 4) is 11.5 Å². The minimum absolute atomic E-state index is 0. The number of rotatable bonds is 3. The Morgan fingerprint density at radius 3 is 2.90 bits per heavy atom. The van der Waals surface area contributed by atoms with E-state index >= 15 is 0 Å². The van der Waals surface area contributed by atoms with Crippen LogP contribution in [0.2, 0.25) is 0 Å². The Balaban J connectivity index is 0.00000147. The molecule has 1 unspecified atom stereocenters. The second-order valence-electron chi connectivity index (χ2n) is 4.31. The quantitative estimate of drug-likeness (QED) is 0.592. The number of aromatic hydroxyl groups is 2. The highest BCUT2D eigenvalue weighted by molar-refractivity contribution is 8.01. The molecule has 0 saturated carbocycles. The minimum atomic E-state index is -0.0617. The summed E-state index contributed by atoms with van der Waals surface area (Å²) in [5.74, 6) is 0.719. The number of nitrogens with zero attached hydrogens (tertiary/aromatic N) is 2. The van der Waals surface area contributed by atoms with Gasteiger partial charge in [-0.05, 0) is 36.2 Å². The lowest BCUT2D eigenvalue weighted by atomic mass is 9.94. The maximum atomic E-state index is 9.64. The van der Waals surface area contributed by atoms with Crippen molar-refractivity contribution < 1.29 is 10.2 Å². The van der Waals surface area contributed by atoms with Crippen LogP contribution in [0.4, 0.5) is 0 Å². The third-order valence-electron chi connectivity index (χ3n) is 3.11. The molecule has 0 amide bonds. The average molecular weight is 332 g/mol. The topological polar surface area (TPSA) is 78.3 Å².